The molecule has 3 aliphatic rings. The van der Waals surface area contributed by atoms with E-state index in [-0.39, 0.29) is 0 Å². The van der Waals surface area contributed by atoms with Crippen LogP contribution in [0.2, 0.25) is 0 Å². The van der Waals surface area contributed by atoms with Crippen LogP contribution in [0.3, 0.4) is 0 Å². The second-order valence-corrected chi connectivity index (χ2v) is 8.27. The van der Waals surface area contributed by atoms with E-state index in [1.807, 2.05) is 0 Å². The summed E-state index contributed by atoms with van der Waals surface area (Å²) >= 11 is 0. The van der Waals surface area contributed by atoms with Crippen molar-refractivity contribution in [2.24, 2.45) is 11.3 Å². The Morgan fingerprint density at radius 2 is 1.90 bits per heavy atom. The Morgan fingerprint density at radius 3 is 2.71 bits per heavy atom. The van der Waals surface area contributed by atoms with Crippen molar-refractivity contribution in [3.05, 3.63) is 0 Å². The van der Waals surface area contributed by atoms with Crippen molar-refractivity contribution >= 4 is 0 Å². The van der Waals surface area contributed by atoms with Crippen LogP contribution < -0.4 is 5.32 Å². The lowest BCUT2D eigenvalue weighted by Gasteiger charge is -2.34. The molecule has 2 heterocycles. The molecule has 3 heteroatoms. The first-order valence-corrected chi connectivity index (χ1v) is 9.30. The fraction of sp³-hybridized carbons (Fsp3) is 1.00. The van der Waals surface area contributed by atoms with Gasteiger partial charge in [-0.1, -0.05) is 20.8 Å². The van der Waals surface area contributed by atoms with Gasteiger partial charge in [0.25, 0.3) is 0 Å². The fourth-order valence-electron chi connectivity index (χ4n) is 5.16. The van der Waals surface area contributed by atoms with E-state index in [4.69, 9.17) is 0 Å². The highest BCUT2D eigenvalue weighted by Crippen LogP contribution is 2.41. The molecular formula is C18H35N3. The van der Waals surface area contributed by atoms with Crippen molar-refractivity contribution in [3.63, 3.8) is 0 Å². The number of nitrogens with one attached hydrogen (secondary N) is 1. The Morgan fingerprint density at radius 1 is 1.10 bits per heavy atom. The molecule has 21 heavy (non-hydrogen) atoms. The highest BCUT2D eigenvalue weighted by atomic mass is 15.3. The third kappa shape index (κ3) is 3.46. The van der Waals surface area contributed by atoms with Gasteiger partial charge in [-0.3, -0.25) is 4.90 Å². The quantitative estimate of drug-likeness (QED) is 0.859. The lowest BCUT2D eigenvalue weighted by molar-refractivity contribution is 0.170. The maximum absolute atomic E-state index is 3.80. The first kappa shape index (κ1) is 15.8. The lowest BCUT2D eigenvalue weighted by Crippen LogP contribution is -2.47. The molecule has 0 aromatic carbocycles. The summed E-state index contributed by atoms with van der Waals surface area (Å²) in [5.74, 6) is 0.855. The molecule has 3 rings (SSSR count). The van der Waals surface area contributed by atoms with Crippen LogP contribution in [-0.2, 0) is 0 Å². The largest absolute Gasteiger partial charge is 0.313 e. The van der Waals surface area contributed by atoms with Gasteiger partial charge in [0, 0.05) is 25.2 Å². The SMILES string of the molecule is CCNC1C(CN2CCCN3CCCC3C2)CCC1(C)C. The van der Waals surface area contributed by atoms with Gasteiger partial charge < -0.3 is 10.2 Å². The van der Waals surface area contributed by atoms with Crippen LogP contribution in [0.1, 0.15) is 52.9 Å². The predicted octanol–water partition coefficient (Wildman–Crippen LogP) is 2.57. The van der Waals surface area contributed by atoms with Gasteiger partial charge in [-0.15, -0.1) is 0 Å². The minimum atomic E-state index is 0.478. The van der Waals surface area contributed by atoms with Crippen LogP contribution in [0, 0.1) is 11.3 Å². The van der Waals surface area contributed by atoms with Gasteiger partial charge in [-0.05, 0) is 69.6 Å². The Hall–Kier alpha value is -0.120. The maximum atomic E-state index is 3.80. The number of fused-ring (bicyclic) bond motifs is 1. The van der Waals surface area contributed by atoms with Crippen molar-refractivity contribution in [1.82, 2.24) is 15.1 Å². The lowest BCUT2D eigenvalue weighted by atomic mass is 9.84. The molecule has 3 nitrogen and oxygen atoms in total. The maximum Gasteiger partial charge on any atom is 0.0223 e. The molecule has 0 bridgehead atoms. The number of hydrogen-bond acceptors (Lipinski definition) is 3. The number of rotatable bonds is 4. The predicted molar refractivity (Wildman–Crippen MR) is 89.6 cm³/mol. The fourth-order valence-corrected chi connectivity index (χ4v) is 5.16. The molecular weight excluding hydrogens is 258 g/mol. The first-order valence-electron chi connectivity index (χ1n) is 9.30. The summed E-state index contributed by atoms with van der Waals surface area (Å²) in [5, 5.41) is 3.80. The molecule has 3 fully saturated rings. The molecule has 0 spiro atoms. The smallest absolute Gasteiger partial charge is 0.0223 e. The Bertz CT molecular complexity index is 341. The summed E-state index contributed by atoms with van der Waals surface area (Å²) in [6.07, 6.45) is 7.03. The van der Waals surface area contributed by atoms with E-state index >= 15 is 0 Å². The molecule has 0 aromatic heterocycles. The van der Waals surface area contributed by atoms with Crippen LogP contribution in [0.5, 0.6) is 0 Å². The standard InChI is InChI=1S/C18H35N3/c1-4-19-17-15(8-9-18(17,2)3)13-20-10-6-12-21-11-5-7-16(21)14-20/h15-17,19H,4-14H2,1-3H3. The third-order valence-electron chi connectivity index (χ3n) is 6.28. The number of hydrogen-bond donors (Lipinski definition) is 1. The summed E-state index contributed by atoms with van der Waals surface area (Å²) in [4.78, 5) is 5.55. The Labute approximate surface area is 131 Å². The van der Waals surface area contributed by atoms with Gasteiger partial charge in [-0.2, -0.15) is 0 Å². The van der Waals surface area contributed by atoms with Crippen molar-refractivity contribution in [3.8, 4) is 0 Å². The van der Waals surface area contributed by atoms with Crippen LogP contribution in [0.25, 0.3) is 0 Å². The molecule has 0 radical (unpaired) electrons. The summed E-state index contributed by atoms with van der Waals surface area (Å²) in [7, 11) is 0. The Kier molecular flexibility index (Phi) is 4.92. The van der Waals surface area contributed by atoms with Gasteiger partial charge in [0.2, 0.25) is 0 Å². The Balaban J connectivity index is 1.60. The van der Waals surface area contributed by atoms with E-state index in [2.05, 4.69) is 35.9 Å². The molecule has 2 saturated heterocycles. The van der Waals surface area contributed by atoms with Crippen molar-refractivity contribution in [2.75, 3.05) is 39.3 Å². The molecule has 0 aromatic rings. The highest BCUT2D eigenvalue weighted by Gasteiger charge is 2.42. The van der Waals surface area contributed by atoms with Crippen LogP contribution >= 0.6 is 0 Å². The summed E-state index contributed by atoms with van der Waals surface area (Å²) in [6.45, 7) is 15.0. The minimum Gasteiger partial charge on any atom is -0.313 e. The average molecular weight is 293 g/mol. The van der Waals surface area contributed by atoms with Crippen molar-refractivity contribution in [1.29, 1.82) is 0 Å². The zero-order chi connectivity index (χ0) is 14.9. The zero-order valence-corrected chi connectivity index (χ0v) is 14.4. The molecule has 1 N–H and O–H groups in total. The van der Waals surface area contributed by atoms with E-state index in [9.17, 15) is 0 Å². The molecule has 1 saturated carbocycles. The van der Waals surface area contributed by atoms with E-state index < -0.39 is 0 Å². The zero-order valence-electron chi connectivity index (χ0n) is 14.4. The average Bonchev–Trinajstić information content (AvgIpc) is 2.92. The number of nitrogens with zero attached hydrogens (tertiary/aromatic N) is 2. The molecule has 2 aliphatic heterocycles. The van der Waals surface area contributed by atoms with Crippen LogP contribution in [-0.4, -0.2) is 61.2 Å². The summed E-state index contributed by atoms with van der Waals surface area (Å²) < 4.78 is 0. The van der Waals surface area contributed by atoms with Gasteiger partial charge in [-0.25, -0.2) is 0 Å². The molecule has 122 valence electrons. The molecule has 1 aliphatic carbocycles. The molecule has 0 amide bonds. The first-order chi connectivity index (χ1) is 10.1. The van der Waals surface area contributed by atoms with Gasteiger partial charge >= 0.3 is 0 Å². The monoisotopic (exact) mass is 293 g/mol. The van der Waals surface area contributed by atoms with E-state index in [1.165, 1.54) is 64.8 Å². The topological polar surface area (TPSA) is 18.5 Å². The van der Waals surface area contributed by atoms with Crippen LogP contribution in [0.15, 0.2) is 0 Å². The molecule has 3 atom stereocenters. The highest BCUT2D eigenvalue weighted by molar-refractivity contribution is 4.97. The van der Waals surface area contributed by atoms with Gasteiger partial charge in [0.05, 0.1) is 0 Å². The normalized spacial score (nSPS) is 37.6. The second-order valence-electron chi connectivity index (χ2n) is 8.27. The second kappa shape index (κ2) is 6.55. The van der Waals surface area contributed by atoms with Gasteiger partial charge in [0.1, 0.15) is 0 Å². The van der Waals surface area contributed by atoms with E-state index in [0.717, 1.165) is 18.5 Å². The van der Waals surface area contributed by atoms with E-state index in [0.29, 0.717) is 11.5 Å². The third-order valence-corrected chi connectivity index (χ3v) is 6.28. The van der Waals surface area contributed by atoms with Crippen molar-refractivity contribution < 1.29 is 0 Å². The summed E-state index contributed by atoms with van der Waals surface area (Å²) in [5.41, 5.74) is 0.478. The summed E-state index contributed by atoms with van der Waals surface area (Å²) in [6, 6.07) is 1.57. The van der Waals surface area contributed by atoms with Crippen LogP contribution in [0.4, 0.5) is 0 Å². The van der Waals surface area contributed by atoms with Gasteiger partial charge in [0.15, 0.2) is 0 Å². The minimum absolute atomic E-state index is 0.478. The molecule has 3 unspecified atom stereocenters. The van der Waals surface area contributed by atoms with E-state index in [1.54, 1.807) is 0 Å². The van der Waals surface area contributed by atoms with Crippen molar-refractivity contribution in [2.45, 2.75) is 65.0 Å².